The highest BCUT2D eigenvalue weighted by atomic mass is 79.9. The number of esters is 1. The Morgan fingerprint density at radius 2 is 2.13 bits per heavy atom. The van der Waals surface area contributed by atoms with Crippen molar-refractivity contribution < 1.29 is 9.53 Å². The van der Waals surface area contributed by atoms with Gasteiger partial charge in [0.05, 0.1) is 10.9 Å². The van der Waals surface area contributed by atoms with Gasteiger partial charge in [0.2, 0.25) is 0 Å². The molecule has 0 spiro atoms. The molecule has 120 valence electrons. The largest absolute Gasteiger partial charge is 0.516 e. The predicted octanol–water partition coefficient (Wildman–Crippen LogP) is 3.99. The van der Waals surface area contributed by atoms with Gasteiger partial charge in [-0.25, -0.2) is 22.8 Å². The number of rotatable bonds is 3. The van der Waals surface area contributed by atoms with Crippen molar-refractivity contribution in [3.63, 3.8) is 0 Å². The number of hydrogen-bond acceptors (Lipinski definition) is 2. The monoisotopic (exact) mass is 374 g/mol. The SMILES string of the molecule is CC(=O)OCC#CCBr.[C-]#[N+]C(CC#C)([N+]#[C-])C1=CCCCC1. The van der Waals surface area contributed by atoms with E-state index in [1.54, 1.807) is 0 Å². The van der Waals surface area contributed by atoms with Gasteiger partial charge < -0.3 is 4.74 Å². The summed E-state index contributed by atoms with van der Waals surface area (Å²) in [5, 5.41) is 0.619. The van der Waals surface area contributed by atoms with Crippen molar-refractivity contribution in [2.75, 3.05) is 11.9 Å². The summed E-state index contributed by atoms with van der Waals surface area (Å²) in [7, 11) is 0. The summed E-state index contributed by atoms with van der Waals surface area (Å²) in [6, 6.07) is 0. The van der Waals surface area contributed by atoms with Crippen LogP contribution < -0.4 is 0 Å². The molecule has 0 amide bonds. The highest BCUT2D eigenvalue weighted by molar-refractivity contribution is 9.09. The summed E-state index contributed by atoms with van der Waals surface area (Å²) in [6.07, 6.45) is 11.5. The second-order valence-electron chi connectivity index (χ2n) is 4.66. The van der Waals surface area contributed by atoms with Crippen molar-refractivity contribution in [2.24, 2.45) is 0 Å². The van der Waals surface area contributed by atoms with Crippen LogP contribution in [-0.2, 0) is 9.53 Å². The minimum absolute atomic E-state index is 0.195. The van der Waals surface area contributed by atoms with E-state index in [1.807, 2.05) is 6.08 Å². The van der Waals surface area contributed by atoms with Gasteiger partial charge in [-0.15, -0.1) is 6.42 Å². The van der Waals surface area contributed by atoms with Gasteiger partial charge in [-0.1, -0.05) is 39.8 Å². The minimum Gasteiger partial charge on any atom is -0.453 e. The average Bonchev–Trinajstić information content (AvgIpc) is 2.58. The summed E-state index contributed by atoms with van der Waals surface area (Å²) in [6.45, 7) is 15.8. The highest BCUT2D eigenvalue weighted by Gasteiger charge is 2.47. The lowest BCUT2D eigenvalue weighted by Crippen LogP contribution is -2.23. The maximum atomic E-state index is 10.1. The second-order valence-corrected chi connectivity index (χ2v) is 5.22. The van der Waals surface area contributed by atoms with E-state index >= 15 is 0 Å². The molecule has 0 radical (unpaired) electrons. The first kappa shape index (κ1) is 20.8. The third-order valence-electron chi connectivity index (χ3n) is 3.06. The summed E-state index contributed by atoms with van der Waals surface area (Å²) >= 11 is 3.10. The predicted molar refractivity (Wildman–Crippen MR) is 94.1 cm³/mol. The zero-order valence-corrected chi connectivity index (χ0v) is 14.8. The van der Waals surface area contributed by atoms with Crippen LogP contribution >= 0.6 is 15.9 Å². The molecule has 0 atom stereocenters. The number of alkyl halides is 1. The molecule has 0 aromatic carbocycles. The summed E-state index contributed by atoms with van der Waals surface area (Å²) in [5.74, 6) is 7.47. The molecule has 1 rings (SSSR count). The van der Waals surface area contributed by atoms with Crippen molar-refractivity contribution in [3.8, 4) is 24.2 Å². The smallest absolute Gasteiger partial charge is 0.453 e. The number of halogens is 1. The van der Waals surface area contributed by atoms with Crippen LogP contribution in [-0.4, -0.2) is 23.6 Å². The van der Waals surface area contributed by atoms with Gasteiger partial charge in [-0.3, -0.25) is 4.79 Å². The Kier molecular flexibility index (Phi) is 11.2. The molecule has 5 heteroatoms. The molecule has 23 heavy (non-hydrogen) atoms. The van der Waals surface area contributed by atoms with Gasteiger partial charge in [0, 0.05) is 6.92 Å². The van der Waals surface area contributed by atoms with E-state index in [0.29, 0.717) is 5.33 Å². The first-order valence-electron chi connectivity index (χ1n) is 7.11. The van der Waals surface area contributed by atoms with E-state index in [4.69, 9.17) is 19.6 Å². The van der Waals surface area contributed by atoms with Crippen LogP contribution in [0.3, 0.4) is 0 Å². The van der Waals surface area contributed by atoms with Crippen LogP contribution in [0.1, 0.15) is 39.0 Å². The summed E-state index contributed by atoms with van der Waals surface area (Å²) < 4.78 is 4.51. The van der Waals surface area contributed by atoms with Crippen LogP contribution in [0.15, 0.2) is 11.6 Å². The zero-order valence-electron chi connectivity index (χ0n) is 13.2. The molecule has 0 N–H and O–H groups in total. The van der Waals surface area contributed by atoms with E-state index < -0.39 is 5.66 Å². The normalized spacial score (nSPS) is 12.6. The fraction of sp³-hybridized carbons (Fsp3) is 0.500. The van der Waals surface area contributed by atoms with E-state index in [1.165, 1.54) is 6.92 Å². The van der Waals surface area contributed by atoms with Gasteiger partial charge in [0.25, 0.3) is 0 Å². The molecular formula is C18H19BrN2O2. The first-order chi connectivity index (χ1) is 11.1. The fourth-order valence-electron chi connectivity index (χ4n) is 1.94. The Hall–Kier alpha value is -2.21. The lowest BCUT2D eigenvalue weighted by molar-refractivity contribution is -0.139. The van der Waals surface area contributed by atoms with Crippen LogP contribution in [0.4, 0.5) is 0 Å². The van der Waals surface area contributed by atoms with Gasteiger partial charge in [-0.05, 0) is 25.7 Å². The van der Waals surface area contributed by atoms with Gasteiger partial charge >= 0.3 is 11.6 Å². The Morgan fingerprint density at radius 1 is 1.43 bits per heavy atom. The minimum atomic E-state index is -1.09. The maximum absolute atomic E-state index is 10.1. The van der Waals surface area contributed by atoms with Crippen LogP contribution in [0, 0.1) is 37.3 Å². The molecule has 0 aliphatic heterocycles. The molecule has 0 fully saturated rings. The van der Waals surface area contributed by atoms with Crippen molar-refractivity contribution in [2.45, 2.75) is 44.7 Å². The third kappa shape index (κ3) is 8.11. The van der Waals surface area contributed by atoms with Crippen molar-refractivity contribution in [3.05, 3.63) is 34.5 Å². The van der Waals surface area contributed by atoms with Crippen LogP contribution in [0.5, 0.6) is 0 Å². The van der Waals surface area contributed by atoms with E-state index in [9.17, 15) is 4.79 Å². The van der Waals surface area contributed by atoms with E-state index in [2.05, 4.69) is 48.1 Å². The van der Waals surface area contributed by atoms with Crippen molar-refractivity contribution in [1.29, 1.82) is 0 Å². The molecule has 4 nitrogen and oxygen atoms in total. The molecule has 0 aromatic rings. The number of nitrogens with zero attached hydrogens (tertiary/aromatic N) is 2. The molecule has 0 heterocycles. The zero-order chi connectivity index (χ0) is 17.6. The molecule has 0 aromatic heterocycles. The Balaban J connectivity index is 0.000000468. The summed E-state index contributed by atoms with van der Waals surface area (Å²) in [4.78, 5) is 17.0. The number of ether oxygens (including phenoxy) is 1. The number of terminal acetylenes is 1. The molecule has 0 saturated heterocycles. The average molecular weight is 375 g/mol. The number of carbonyl (C=O) groups is 1. The lowest BCUT2D eigenvalue weighted by atomic mass is 9.88. The van der Waals surface area contributed by atoms with E-state index in [0.717, 1.165) is 31.3 Å². The number of carbonyl (C=O) groups excluding carboxylic acids is 1. The van der Waals surface area contributed by atoms with Crippen LogP contribution in [0.2, 0.25) is 0 Å². The number of allylic oxidation sites excluding steroid dienone is 1. The third-order valence-corrected chi connectivity index (χ3v) is 3.34. The van der Waals surface area contributed by atoms with E-state index in [-0.39, 0.29) is 19.0 Å². The van der Waals surface area contributed by atoms with Gasteiger partial charge in [0.15, 0.2) is 13.0 Å². The lowest BCUT2D eigenvalue weighted by Gasteiger charge is -2.14. The Labute approximate surface area is 147 Å². The summed E-state index contributed by atoms with van der Waals surface area (Å²) in [5.41, 5.74) is -0.151. The topological polar surface area (TPSA) is 35.0 Å². The van der Waals surface area contributed by atoms with Crippen LogP contribution in [0.25, 0.3) is 9.69 Å². The first-order valence-corrected chi connectivity index (χ1v) is 8.23. The standard InChI is InChI=1S/C12H12N2.C6H7BrO2/c1-4-10-12(13-2,14-3)11-8-6-5-7-9-11;1-6(8)9-5-3-2-4-7/h1,8H,5-7,9-10H2;4-5H2,1H3. The Morgan fingerprint density at radius 3 is 2.57 bits per heavy atom. The van der Waals surface area contributed by atoms with Gasteiger partial charge in [-0.2, -0.15) is 0 Å². The quantitative estimate of drug-likeness (QED) is 0.246. The van der Waals surface area contributed by atoms with Crippen molar-refractivity contribution in [1.82, 2.24) is 0 Å². The molecule has 0 unspecified atom stereocenters. The molecular weight excluding hydrogens is 356 g/mol. The maximum Gasteiger partial charge on any atom is 0.516 e. The highest BCUT2D eigenvalue weighted by Crippen LogP contribution is 2.34. The molecule has 0 bridgehead atoms. The van der Waals surface area contributed by atoms with Crippen molar-refractivity contribution >= 4 is 21.9 Å². The Bertz CT molecular complexity index is 592. The second kappa shape index (κ2) is 12.3. The fourth-order valence-corrected chi connectivity index (χ4v) is 2.14. The molecule has 1 aliphatic rings. The molecule has 1 aliphatic carbocycles. The number of hydrogen-bond donors (Lipinski definition) is 0. The van der Waals surface area contributed by atoms with Gasteiger partial charge in [0.1, 0.15) is 0 Å². The molecule has 0 saturated carbocycles.